The molecule has 0 amide bonds. The van der Waals surface area contributed by atoms with Crippen LogP contribution in [0.3, 0.4) is 0 Å². The van der Waals surface area contributed by atoms with Crippen LogP contribution in [0.1, 0.15) is 11.3 Å². The first kappa shape index (κ1) is 14.0. The van der Waals surface area contributed by atoms with Gasteiger partial charge in [-0.3, -0.25) is 0 Å². The van der Waals surface area contributed by atoms with Gasteiger partial charge in [0, 0.05) is 24.0 Å². The fourth-order valence-corrected chi connectivity index (χ4v) is 2.92. The van der Waals surface area contributed by atoms with Crippen LogP contribution < -0.4 is 4.74 Å². The van der Waals surface area contributed by atoms with Crippen LogP contribution >= 0.6 is 23.6 Å². The Hall–Kier alpha value is -1.46. The molecule has 0 saturated carbocycles. The van der Waals surface area contributed by atoms with Gasteiger partial charge in [0.2, 0.25) is 0 Å². The van der Waals surface area contributed by atoms with E-state index in [1.165, 1.54) is 24.5 Å². The number of methoxy groups -OCH3 is 1. The lowest BCUT2D eigenvalue weighted by molar-refractivity contribution is 0.386. The Kier molecular flexibility index (Phi) is 4.50. The Balaban J connectivity index is 2.30. The summed E-state index contributed by atoms with van der Waals surface area (Å²) in [7, 11) is 1.45. The second-order valence-electron chi connectivity index (χ2n) is 4.04. The molecule has 0 atom stereocenters. The highest BCUT2D eigenvalue weighted by Gasteiger charge is 2.07. The van der Waals surface area contributed by atoms with E-state index in [1.807, 2.05) is 22.1 Å². The summed E-state index contributed by atoms with van der Waals surface area (Å²) in [5, 5.41) is 2.02. The fourth-order valence-electron chi connectivity index (χ4n) is 1.83. The van der Waals surface area contributed by atoms with Crippen LogP contribution in [0.15, 0.2) is 36.2 Å². The number of allylic oxidation sites excluding steroid dienone is 1. The monoisotopic (exact) mass is 295 g/mol. The molecule has 2 aromatic rings. The van der Waals surface area contributed by atoms with E-state index in [9.17, 15) is 4.39 Å². The Morgan fingerprint density at radius 3 is 2.95 bits per heavy atom. The minimum atomic E-state index is -0.355. The van der Waals surface area contributed by atoms with Crippen molar-refractivity contribution >= 4 is 23.6 Å². The molecule has 0 aliphatic heterocycles. The predicted molar refractivity (Wildman–Crippen MR) is 79.1 cm³/mol. The number of thiazole rings is 1. The summed E-state index contributed by atoms with van der Waals surface area (Å²) in [5.74, 6) is -0.101. The Labute approximate surface area is 120 Å². The van der Waals surface area contributed by atoms with Gasteiger partial charge in [-0.2, -0.15) is 0 Å². The van der Waals surface area contributed by atoms with Crippen molar-refractivity contribution in [3.05, 3.63) is 57.3 Å². The minimum Gasteiger partial charge on any atom is -0.494 e. The lowest BCUT2D eigenvalue weighted by Crippen LogP contribution is -2.04. The van der Waals surface area contributed by atoms with Gasteiger partial charge in [0.15, 0.2) is 15.5 Å². The topological polar surface area (TPSA) is 14.2 Å². The molecule has 0 radical (unpaired) electrons. The molecule has 1 aromatic heterocycles. The maximum atomic E-state index is 13.7. The molecule has 2 nitrogen and oxygen atoms in total. The summed E-state index contributed by atoms with van der Waals surface area (Å²) in [6.07, 6.45) is 2.59. The molecular weight excluding hydrogens is 281 g/mol. The molecule has 5 heteroatoms. The maximum Gasteiger partial charge on any atom is 0.165 e. The second kappa shape index (κ2) is 6.12. The summed E-state index contributed by atoms with van der Waals surface area (Å²) in [5.41, 5.74) is 1.96. The SMILES string of the molecule is C=CCc1csc(=S)n1Cc1ccc(OC)c(F)c1. The molecule has 0 unspecified atom stereocenters. The predicted octanol–water partition coefficient (Wildman–Crippen LogP) is 4.20. The van der Waals surface area contributed by atoms with E-state index in [0.29, 0.717) is 6.54 Å². The quantitative estimate of drug-likeness (QED) is 0.606. The zero-order valence-electron chi connectivity index (χ0n) is 10.6. The molecular formula is C14H14FNOS2. The largest absolute Gasteiger partial charge is 0.494 e. The maximum absolute atomic E-state index is 13.7. The van der Waals surface area contributed by atoms with Crippen LogP contribution in [0, 0.1) is 9.77 Å². The van der Waals surface area contributed by atoms with Gasteiger partial charge in [-0.25, -0.2) is 4.39 Å². The van der Waals surface area contributed by atoms with Crippen LogP contribution in [0.25, 0.3) is 0 Å². The van der Waals surface area contributed by atoms with Crippen molar-refractivity contribution in [1.29, 1.82) is 0 Å². The number of aromatic nitrogens is 1. The van der Waals surface area contributed by atoms with Gasteiger partial charge in [-0.05, 0) is 29.9 Å². The first-order valence-corrected chi connectivity index (χ1v) is 7.05. The minimum absolute atomic E-state index is 0.254. The van der Waals surface area contributed by atoms with E-state index in [0.717, 1.165) is 21.6 Å². The smallest absolute Gasteiger partial charge is 0.165 e. The number of halogens is 1. The molecule has 0 fully saturated rings. The normalized spacial score (nSPS) is 10.4. The van der Waals surface area contributed by atoms with Gasteiger partial charge in [0.1, 0.15) is 0 Å². The van der Waals surface area contributed by atoms with Gasteiger partial charge < -0.3 is 9.30 Å². The Morgan fingerprint density at radius 2 is 2.32 bits per heavy atom. The van der Waals surface area contributed by atoms with Crippen molar-refractivity contribution in [3.8, 4) is 5.75 Å². The first-order chi connectivity index (χ1) is 9.15. The van der Waals surface area contributed by atoms with Crippen LogP contribution in [0.2, 0.25) is 0 Å². The molecule has 100 valence electrons. The van der Waals surface area contributed by atoms with Gasteiger partial charge in [-0.15, -0.1) is 17.9 Å². The van der Waals surface area contributed by atoms with E-state index in [4.69, 9.17) is 17.0 Å². The highest BCUT2D eigenvalue weighted by Crippen LogP contribution is 2.20. The number of nitrogens with zero attached hydrogens (tertiary/aromatic N) is 1. The molecule has 0 spiro atoms. The number of benzene rings is 1. The molecule has 1 aromatic carbocycles. The van der Waals surface area contributed by atoms with Gasteiger partial charge in [-0.1, -0.05) is 12.1 Å². The lowest BCUT2D eigenvalue weighted by atomic mass is 10.2. The van der Waals surface area contributed by atoms with Crippen molar-refractivity contribution in [1.82, 2.24) is 4.57 Å². The number of hydrogen-bond donors (Lipinski definition) is 0. The average Bonchev–Trinajstić information content (AvgIpc) is 2.72. The number of hydrogen-bond acceptors (Lipinski definition) is 3. The van der Waals surface area contributed by atoms with Crippen molar-refractivity contribution in [2.75, 3.05) is 7.11 Å². The fraction of sp³-hybridized carbons (Fsp3) is 0.214. The van der Waals surface area contributed by atoms with Crippen molar-refractivity contribution < 1.29 is 9.13 Å². The zero-order valence-corrected chi connectivity index (χ0v) is 12.2. The molecule has 0 N–H and O–H groups in total. The van der Waals surface area contributed by atoms with E-state index in [-0.39, 0.29) is 11.6 Å². The van der Waals surface area contributed by atoms with Crippen LogP contribution in [-0.4, -0.2) is 11.7 Å². The van der Waals surface area contributed by atoms with Gasteiger partial charge >= 0.3 is 0 Å². The van der Waals surface area contributed by atoms with E-state index >= 15 is 0 Å². The molecule has 0 aliphatic rings. The van der Waals surface area contributed by atoms with Crippen LogP contribution in [0.5, 0.6) is 5.75 Å². The summed E-state index contributed by atoms with van der Waals surface area (Å²) < 4.78 is 21.4. The Bertz CT molecular complexity index is 645. The van der Waals surface area contributed by atoms with E-state index < -0.39 is 0 Å². The molecule has 0 saturated heterocycles. The average molecular weight is 295 g/mol. The first-order valence-electron chi connectivity index (χ1n) is 5.76. The highest BCUT2D eigenvalue weighted by atomic mass is 32.1. The molecule has 0 aliphatic carbocycles. The number of rotatable bonds is 5. The third kappa shape index (κ3) is 3.11. The van der Waals surface area contributed by atoms with Crippen molar-refractivity contribution in [3.63, 3.8) is 0 Å². The van der Waals surface area contributed by atoms with Crippen molar-refractivity contribution in [2.45, 2.75) is 13.0 Å². The third-order valence-electron chi connectivity index (χ3n) is 2.77. The Morgan fingerprint density at radius 1 is 1.53 bits per heavy atom. The van der Waals surface area contributed by atoms with E-state index in [1.54, 1.807) is 6.07 Å². The van der Waals surface area contributed by atoms with Gasteiger partial charge in [0.25, 0.3) is 0 Å². The van der Waals surface area contributed by atoms with E-state index in [2.05, 4.69) is 6.58 Å². The lowest BCUT2D eigenvalue weighted by Gasteiger charge is -2.09. The molecule has 1 heterocycles. The molecule has 2 rings (SSSR count). The summed E-state index contributed by atoms with van der Waals surface area (Å²) in [4.78, 5) is 0. The summed E-state index contributed by atoms with van der Waals surface area (Å²) in [6, 6.07) is 4.96. The standard InChI is InChI=1S/C14H14FNOS2/c1-3-4-11-9-19-14(18)16(11)8-10-5-6-13(17-2)12(15)7-10/h3,5-7,9H,1,4,8H2,2H3. The zero-order chi connectivity index (χ0) is 13.8. The second-order valence-corrected chi connectivity index (χ2v) is 5.54. The molecule has 0 bridgehead atoms. The van der Waals surface area contributed by atoms with Gasteiger partial charge in [0.05, 0.1) is 7.11 Å². The summed E-state index contributed by atoms with van der Waals surface area (Å²) >= 11 is 6.81. The molecule has 19 heavy (non-hydrogen) atoms. The van der Waals surface area contributed by atoms with Crippen molar-refractivity contribution in [2.24, 2.45) is 0 Å². The summed E-state index contributed by atoms with van der Waals surface area (Å²) in [6.45, 7) is 4.29. The van der Waals surface area contributed by atoms with Crippen LogP contribution in [-0.2, 0) is 13.0 Å². The van der Waals surface area contributed by atoms with Crippen LogP contribution in [0.4, 0.5) is 4.39 Å². The highest BCUT2D eigenvalue weighted by molar-refractivity contribution is 7.73. The number of ether oxygens (including phenoxy) is 1. The third-order valence-corrected chi connectivity index (χ3v) is 4.09.